The van der Waals surface area contributed by atoms with E-state index in [1.807, 2.05) is 0 Å². The molecule has 1 aliphatic heterocycles. The van der Waals surface area contributed by atoms with E-state index in [-0.39, 0.29) is 12.6 Å². The van der Waals surface area contributed by atoms with Gasteiger partial charge in [0.1, 0.15) is 0 Å². The molecule has 1 heterocycles. The average molecular weight is 173 g/mol. The van der Waals surface area contributed by atoms with E-state index >= 15 is 0 Å². The van der Waals surface area contributed by atoms with Gasteiger partial charge in [-0.05, 0) is 19.3 Å². The molecule has 3 nitrogen and oxygen atoms in total. The van der Waals surface area contributed by atoms with E-state index in [0.717, 1.165) is 26.1 Å². The highest BCUT2D eigenvalue weighted by Crippen LogP contribution is 2.07. The third-order valence-corrected chi connectivity index (χ3v) is 2.34. The van der Waals surface area contributed by atoms with Crippen LogP contribution in [0.5, 0.6) is 0 Å². The molecule has 0 aromatic rings. The smallest absolute Gasteiger partial charge is 0.0619 e. The van der Waals surface area contributed by atoms with E-state index < -0.39 is 0 Å². The minimum atomic E-state index is 0.229. The summed E-state index contributed by atoms with van der Waals surface area (Å²) in [6.45, 7) is 4.01. The van der Waals surface area contributed by atoms with Crippen LogP contribution >= 0.6 is 0 Å². The summed E-state index contributed by atoms with van der Waals surface area (Å²) in [4.78, 5) is 0. The maximum atomic E-state index is 8.95. The summed E-state index contributed by atoms with van der Waals surface area (Å²) < 4.78 is 5.33. The van der Waals surface area contributed by atoms with Crippen LogP contribution in [-0.2, 0) is 4.74 Å². The molecule has 0 aromatic carbocycles. The van der Waals surface area contributed by atoms with Gasteiger partial charge in [0.15, 0.2) is 0 Å². The first-order chi connectivity index (χ1) is 5.86. The van der Waals surface area contributed by atoms with E-state index in [1.165, 1.54) is 6.42 Å². The minimum absolute atomic E-state index is 0.229. The molecule has 2 atom stereocenters. The van der Waals surface area contributed by atoms with Gasteiger partial charge in [-0.25, -0.2) is 0 Å². The average Bonchev–Trinajstić information content (AvgIpc) is 2.16. The molecule has 0 bridgehead atoms. The van der Waals surface area contributed by atoms with Gasteiger partial charge < -0.3 is 15.2 Å². The second kappa shape index (κ2) is 5.51. The lowest BCUT2D eigenvalue weighted by atomic mass is 10.1. The summed E-state index contributed by atoms with van der Waals surface area (Å²) >= 11 is 0. The van der Waals surface area contributed by atoms with Gasteiger partial charge in [-0.1, -0.05) is 6.92 Å². The second-order valence-corrected chi connectivity index (χ2v) is 3.37. The van der Waals surface area contributed by atoms with Gasteiger partial charge in [0.05, 0.1) is 13.2 Å². The lowest BCUT2D eigenvalue weighted by Gasteiger charge is -2.27. The van der Waals surface area contributed by atoms with E-state index in [0.29, 0.717) is 6.04 Å². The van der Waals surface area contributed by atoms with Gasteiger partial charge in [-0.3, -0.25) is 0 Å². The molecule has 1 rings (SSSR count). The standard InChI is InChI=1S/C9H19NO2/c1-2-8(6-11)10-9-4-3-5-12-7-9/h8-11H,2-7H2,1H3. The van der Waals surface area contributed by atoms with E-state index in [9.17, 15) is 0 Å². The summed E-state index contributed by atoms with van der Waals surface area (Å²) in [5.41, 5.74) is 0. The van der Waals surface area contributed by atoms with Crippen molar-refractivity contribution in [2.45, 2.75) is 38.3 Å². The normalized spacial score (nSPS) is 27.0. The predicted octanol–water partition coefficient (Wildman–Crippen LogP) is 0.526. The molecule has 12 heavy (non-hydrogen) atoms. The maximum absolute atomic E-state index is 8.95. The fourth-order valence-electron chi connectivity index (χ4n) is 1.51. The number of aliphatic hydroxyl groups is 1. The molecule has 0 saturated carbocycles. The Morgan fingerprint density at radius 2 is 2.50 bits per heavy atom. The topological polar surface area (TPSA) is 41.5 Å². The number of aliphatic hydroxyl groups excluding tert-OH is 1. The van der Waals surface area contributed by atoms with Crippen LogP contribution in [0.15, 0.2) is 0 Å². The number of nitrogens with one attached hydrogen (secondary N) is 1. The SMILES string of the molecule is CCC(CO)NC1CCCOC1. The van der Waals surface area contributed by atoms with Crippen molar-refractivity contribution in [2.24, 2.45) is 0 Å². The number of ether oxygens (including phenoxy) is 1. The van der Waals surface area contributed by atoms with Crippen LogP contribution < -0.4 is 5.32 Å². The zero-order valence-electron chi connectivity index (χ0n) is 7.75. The molecule has 3 heteroatoms. The summed E-state index contributed by atoms with van der Waals surface area (Å²) in [6.07, 6.45) is 3.29. The molecule has 2 unspecified atom stereocenters. The Hall–Kier alpha value is -0.120. The van der Waals surface area contributed by atoms with Gasteiger partial charge in [0.25, 0.3) is 0 Å². The highest BCUT2D eigenvalue weighted by Gasteiger charge is 2.16. The van der Waals surface area contributed by atoms with Crippen molar-refractivity contribution in [1.29, 1.82) is 0 Å². The lowest BCUT2D eigenvalue weighted by Crippen LogP contribution is -2.44. The van der Waals surface area contributed by atoms with Crippen LogP contribution in [0.1, 0.15) is 26.2 Å². The maximum Gasteiger partial charge on any atom is 0.0619 e. The molecule has 0 aromatic heterocycles. The molecular formula is C9H19NO2. The van der Waals surface area contributed by atoms with Gasteiger partial charge in [0, 0.05) is 18.7 Å². The highest BCUT2D eigenvalue weighted by molar-refractivity contribution is 4.74. The Labute approximate surface area is 74.1 Å². The van der Waals surface area contributed by atoms with Crippen LogP contribution in [0.2, 0.25) is 0 Å². The third-order valence-electron chi connectivity index (χ3n) is 2.34. The highest BCUT2D eigenvalue weighted by atomic mass is 16.5. The van der Waals surface area contributed by atoms with E-state index in [1.54, 1.807) is 0 Å². The summed E-state index contributed by atoms with van der Waals surface area (Å²) in [5, 5.41) is 12.3. The molecule has 0 amide bonds. The molecule has 1 aliphatic rings. The Morgan fingerprint density at radius 3 is 3.00 bits per heavy atom. The third kappa shape index (κ3) is 3.09. The first-order valence-corrected chi connectivity index (χ1v) is 4.81. The van der Waals surface area contributed by atoms with Crippen LogP contribution in [-0.4, -0.2) is 37.0 Å². The molecule has 0 radical (unpaired) electrons. The number of rotatable bonds is 4. The quantitative estimate of drug-likeness (QED) is 0.651. The van der Waals surface area contributed by atoms with Gasteiger partial charge in [0.2, 0.25) is 0 Å². The molecule has 72 valence electrons. The fourth-order valence-corrected chi connectivity index (χ4v) is 1.51. The van der Waals surface area contributed by atoms with Crippen molar-refractivity contribution in [3.63, 3.8) is 0 Å². The van der Waals surface area contributed by atoms with E-state index in [4.69, 9.17) is 9.84 Å². The molecule has 1 fully saturated rings. The Balaban J connectivity index is 2.18. The summed E-state index contributed by atoms with van der Waals surface area (Å²) in [5.74, 6) is 0. The van der Waals surface area contributed by atoms with Gasteiger partial charge in [-0.15, -0.1) is 0 Å². The monoisotopic (exact) mass is 173 g/mol. The fraction of sp³-hybridized carbons (Fsp3) is 1.00. The largest absolute Gasteiger partial charge is 0.395 e. The Morgan fingerprint density at radius 1 is 1.67 bits per heavy atom. The van der Waals surface area contributed by atoms with Crippen molar-refractivity contribution in [3.8, 4) is 0 Å². The van der Waals surface area contributed by atoms with Crippen LogP contribution in [0.4, 0.5) is 0 Å². The molecule has 2 N–H and O–H groups in total. The van der Waals surface area contributed by atoms with Crippen LogP contribution in [0.25, 0.3) is 0 Å². The molecule has 1 saturated heterocycles. The van der Waals surface area contributed by atoms with Crippen molar-refractivity contribution < 1.29 is 9.84 Å². The first kappa shape index (κ1) is 9.96. The molecule has 0 aliphatic carbocycles. The number of hydrogen-bond acceptors (Lipinski definition) is 3. The lowest BCUT2D eigenvalue weighted by molar-refractivity contribution is 0.0621. The molecular weight excluding hydrogens is 154 g/mol. The Bertz CT molecular complexity index is 109. The predicted molar refractivity (Wildman–Crippen MR) is 48.1 cm³/mol. The zero-order valence-corrected chi connectivity index (χ0v) is 7.75. The minimum Gasteiger partial charge on any atom is -0.395 e. The van der Waals surface area contributed by atoms with Crippen molar-refractivity contribution in [1.82, 2.24) is 5.32 Å². The Kier molecular flexibility index (Phi) is 4.58. The van der Waals surface area contributed by atoms with Gasteiger partial charge >= 0.3 is 0 Å². The van der Waals surface area contributed by atoms with Crippen molar-refractivity contribution >= 4 is 0 Å². The zero-order chi connectivity index (χ0) is 8.81. The first-order valence-electron chi connectivity index (χ1n) is 4.81. The summed E-state index contributed by atoms with van der Waals surface area (Å²) in [6, 6.07) is 0.701. The van der Waals surface area contributed by atoms with Crippen LogP contribution in [0.3, 0.4) is 0 Å². The van der Waals surface area contributed by atoms with E-state index in [2.05, 4.69) is 12.2 Å². The van der Waals surface area contributed by atoms with Crippen molar-refractivity contribution in [3.05, 3.63) is 0 Å². The van der Waals surface area contributed by atoms with Gasteiger partial charge in [-0.2, -0.15) is 0 Å². The van der Waals surface area contributed by atoms with Crippen LogP contribution in [0, 0.1) is 0 Å². The van der Waals surface area contributed by atoms with Crippen molar-refractivity contribution in [2.75, 3.05) is 19.8 Å². The summed E-state index contributed by atoms with van der Waals surface area (Å²) in [7, 11) is 0. The number of hydrogen-bond donors (Lipinski definition) is 2. The molecule has 0 spiro atoms. The second-order valence-electron chi connectivity index (χ2n) is 3.37.